The van der Waals surface area contributed by atoms with E-state index in [1.54, 1.807) is 17.0 Å². The van der Waals surface area contributed by atoms with Gasteiger partial charge in [0.2, 0.25) is 11.8 Å². The van der Waals surface area contributed by atoms with Crippen LogP contribution in [0.3, 0.4) is 0 Å². The maximum atomic E-state index is 14.1. The number of halogens is 1. The summed E-state index contributed by atoms with van der Waals surface area (Å²) in [6.07, 6.45) is 5.26. The zero-order valence-corrected chi connectivity index (χ0v) is 18.7. The Bertz CT molecular complexity index is 952. The van der Waals surface area contributed by atoms with Gasteiger partial charge < -0.3 is 10.2 Å². The Morgan fingerprint density at radius 1 is 1.16 bits per heavy atom. The second-order valence-corrected chi connectivity index (χ2v) is 8.87. The van der Waals surface area contributed by atoms with Gasteiger partial charge in [0, 0.05) is 51.3 Å². The molecule has 0 unspecified atom stereocenters. The summed E-state index contributed by atoms with van der Waals surface area (Å²) in [5.41, 5.74) is 2.19. The van der Waals surface area contributed by atoms with E-state index in [2.05, 4.69) is 15.3 Å². The SMILES string of the molecule is Cn1nc(-c2ccccc2F)cc1CN1CCC(NC(=O)CN2CCCCCC2=O)CC1. The van der Waals surface area contributed by atoms with Gasteiger partial charge in [0.25, 0.3) is 0 Å². The lowest BCUT2D eigenvalue weighted by Gasteiger charge is -2.32. The monoisotopic (exact) mass is 441 g/mol. The predicted molar refractivity (Wildman–Crippen MR) is 120 cm³/mol. The van der Waals surface area contributed by atoms with Gasteiger partial charge in [-0.3, -0.25) is 19.2 Å². The zero-order valence-electron chi connectivity index (χ0n) is 18.7. The number of benzene rings is 1. The second kappa shape index (κ2) is 10.3. The van der Waals surface area contributed by atoms with Crippen LogP contribution in [0.15, 0.2) is 30.3 Å². The lowest BCUT2D eigenvalue weighted by atomic mass is 10.0. The van der Waals surface area contributed by atoms with Gasteiger partial charge in [-0.1, -0.05) is 18.6 Å². The van der Waals surface area contributed by atoms with Crippen LogP contribution in [-0.4, -0.2) is 63.6 Å². The average molecular weight is 442 g/mol. The summed E-state index contributed by atoms with van der Waals surface area (Å²) in [5.74, 6) is -0.228. The molecule has 1 N–H and O–H groups in total. The van der Waals surface area contributed by atoms with Crippen LogP contribution in [0, 0.1) is 5.82 Å². The molecule has 2 amide bonds. The lowest BCUT2D eigenvalue weighted by molar-refractivity contribution is -0.135. The van der Waals surface area contributed by atoms with Crippen molar-refractivity contribution in [3.05, 3.63) is 41.8 Å². The number of hydrogen-bond donors (Lipinski definition) is 1. The molecule has 7 nitrogen and oxygen atoms in total. The molecule has 1 aromatic heterocycles. The number of aromatic nitrogens is 2. The van der Waals surface area contributed by atoms with E-state index in [0.717, 1.165) is 57.4 Å². The molecule has 1 aromatic carbocycles. The van der Waals surface area contributed by atoms with Crippen LogP contribution < -0.4 is 5.32 Å². The minimum Gasteiger partial charge on any atom is -0.352 e. The van der Waals surface area contributed by atoms with Crippen LogP contribution in [0.5, 0.6) is 0 Å². The highest BCUT2D eigenvalue weighted by molar-refractivity contribution is 5.85. The smallest absolute Gasteiger partial charge is 0.239 e. The maximum absolute atomic E-state index is 14.1. The first-order valence-corrected chi connectivity index (χ1v) is 11.6. The molecule has 0 saturated carbocycles. The minimum absolute atomic E-state index is 0.0557. The van der Waals surface area contributed by atoms with E-state index in [9.17, 15) is 14.0 Å². The van der Waals surface area contributed by atoms with Gasteiger partial charge in [0.05, 0.1) is 17.9 Å². The number of nitrogens with one attached hydrogen (secondary N) is 1. The summed E-state index contributed by atoms with van der Waals surface area (Å²) in [6.45, 7) is 3.33. The van der Waals surface area contributed by atoms with E-state index >= 15 is 0 Å². The fourth-order valence-electron chi connectivity index (χ4n) is 4.57. The summed E-state index contributed by atoms with van der Waals surface area (Å²) < 4.78 is 15.9. The quantitative estimate of drug-likeness (QED) is 0.748. The second-order valence-electron chi connectivity index (χ2n) is 8.87. The summed E-state index contributed by atoms with van der Waals surface area (Å²) in [6, 6.07) is 8.78. The number of rotatable bonds is 6. The molecule has 32 heavy (non-hydrogen) atoms. The molecule has 0 bridgehead atoms. The largest absolute Gasteiger partial charge is 0.352 e. The molecular formula is C24H32FN5O2. The third-order valence-electron chi connectivity index (χ3n) is 6.47. The Balaban J connectivity index is 1.26. The van der Waals surface area contributed by atoms with Gasteiger partial charge >= 0.3 is 0 Å². The summed E-state index contributed by atoms with van der Waals surface area (Å²) >= 11 is 0. The van der Waals surface area contributed by atoms with Crippen molar-refractivity contribution in [2.75, 3.05) is 26.2 Å². The molecule has 0 atom stereocenters. The van der Waals surface area contributed by atoms with E-state index in [4.69, 9.17) is 0 Å². The molecule has 2 aliphatic rings. The molecule has 172 valence electrons. The molecular weight excluding hydrogens is 409 g/mol. The van der Waals surface area contributed by atoms with Gasteiger partial charge in [-0.25, -0.2) is 4.39 Å². The number of likely N-dealkylation sites (tertiary alicyclic amines) is 2. The van der Waals surface area contributed by atoms with E-state index < -0.39 is 0 Å². The van der Waals surface area contributed by atoms with E-state index in [1.807, 2.05) is 23.9 Å². The molecule has 8 heteroatoms. The Morgan fingerprint density at radius 3 is 2.72 bits per heavy atom. The van der Waals surface area contributed by atoms with Gasteiger partial charge in [-0.2, -0.15) is 5.10 Å². The lowest BCUT2D eigenvalue weighted by Crippen LogP contribution is -2.48. The standard InChI is InChI=1S/C24H32FN5O2/c1-28-19(15-22(27-28)20-7-4-5-8-21(20)25)16-29-13-10-18(11-14-29)26-23(31)17-30-12-6-2-3-9-24(30)32/h4-5,7-8,15,18H,2-3,6,9-14,16-17H2,1H3,(H,26,31). The van der Waals surface area contributed by atoms with E-state index in [0.29, 0.717) is 24.2 Å². The van der Waals surface area contributed by atoms with Crippen LogP contribution >= 0.6 is 0 Å². The van der Waals surface area contributed by atoms with Crippen LogP contribution in [0.25, 0.3) is 11.3 Å². The number of carbonyl (C=O) groups excluding carboxylic acids is 2. The first kappa shape index (κ1) is 22.5. The summed E-state index contributed by atoms with van der Waals surface area (Å²) in [4.78, 5) is 28.6. The van der Waals surface area contributed by atoms with Crippen LogP contribution in [0.4, 0.5) is 4.39 Å². The van der Waals surface area contributed by atoms with E-state index in [-0.39, 0.29) is 30.2 Å². The number of piperidine rings is 1. The normalized spacial score (nSPS) is 18.6. The van der Waals surface area contributed by atoms with Crippen molar-refractivity contribution in [1.82, 2.24) is 24.9 Å². The van der Waals surface area contributed by atoms with Gasteiger partial charge in [-0.15, -0.1) is 0 Å². The molecule has 2 fully saturated rings. The molecule has 2 aromatic rings. The Labute approximate surface area is 188 Å². The number of aryl methyl sites for hydroxylation is 1. The Morgan fingerprint density at radius 2 is 1.94 bits per heavy atom. The molecule has 2 saturated heterocycles. The van der Waals surface area contributed by atoms with Crippen LogP contribution in [-0.2, 0) is 23.2 Å². The van der Waals surface area contributed by atoms with Crippen molar-refractivity contribution in [3.63, 3.8) is 0 Å². The summed E-state index contributed by atoms with van der Waals surface area (Å²) in [7, 11) is 1.89. The first-order chi connectivity index (χ1) is 15.5. The highest BCUT2D eigenvalue weighted by Crippen LogP contribution is 2.23. The van der Waals surface area contributed by atoms with Crippen LogP contribution in [0.2, 0.25) is 0 Å². The van der Waals surface area contributed by atoms with Crippen molar-refractivity contribution in [1.29, 1.82) is 0 Å². The van der Waals surface area contributed by atoms with Crippen molar-refractivity contribution in [2.45, 2.75) is 51.1 Å². The van der Waals surface area contributed by atoms with Crippen LogP contribution in [0.1, 0.15) is 44.2 Å². The number of carbonyl (C=O) groups is 2. The first-order valence-electron chi connectivity index (χ1n) is 11.6. The van der Waals surface area contributed by atoms with Crippen molar-refractivity contribution >= 4 is 11.8 Å². The fraction of sp³-hybridized carbons (Fsp3) is 0.542. The van der Waals surface area contributed by atoms with E-state index in [1.165, 1.54) is 6.07 Å². The fourth-order valence-corrected chi connectivity index (χ4v) is 4.57. The number of nitrogens with zero attached hydrogens (tertiary/aromatic N) is 4. The Hall–Kier alpha value is -2.74. The molecule has 3 heterocycles. The van der Waals surface area contributed by atoms with Crippen molar-refractivity contribution in [2.24, 2.45) is 7.05 Å². The number of amides is 2. The summed E-state index contributed by atoms with van der Waals surface area (Å²) in [5, 5.41) is 7.61. The molecule has 0 spiro atoms. The highest BCUT2D eigenvalue weighted by Gasteiger charge is 2.24. The van der Waals surface area contributed by atoms with Gasteiger partial charge in [0.1, 0.15) is 5.82 Å². The zero-order chi connectivity index (χ0) is 22.5. The third-order valence-corrected chi connectivity index (χ3v) is 6.47. The minimum atomic E-state index is -0.268. The molecule has 0 radical (unpaired) electrons. The van der Waals surface area contributed by atoms with Crippen molar-refractivity contribution < 1.29 is 14.0 Å². The topological polar surface area (TPSA) is 70.5 Å². The maximum Gasteiger partial charge on any atom is 0.239 e. The van der Waals surface area contributed by atoms with Gasteiger partial charge in [-0.05, 0) is 43.9 Å². The average Bonchev–Trinajstić information content (AvgIpc) is 3.01. The third kappa shape index (κ3) is 5.54. The predicted octanol–water partition coefficient (Wildman–Crippen LogP) is 2.71. The molecule has 2 aliphatic heterocycles. The number of hydrogen-bond acceptors (Lipinski definition) is 4. The Kier molecular flexibility index (Phi) is 7.19. The van der Waals surface area contributed by atoms with Crippen molar-refractivity contribution in [3.8, 4) is 11.3 Å². The molecule has 0 aliphatic carbocycles. The molecule has 4 rings (SSSR count). The van der Waals surface area contributed by atoms with Gasteiger partial charge in [0.15, 0.2) is 0 Å². The highest BCUT2D eigenvalue weighted by atomic mass is 19.1.